The quantitative estimate of drug-likeness (QED) is 0.495. The van der Waals surface area contributed by atoms with Crippen molar-refractivity contribution in [2.75, 3.05) is 19.6 Å². The minimum Gasteiger partial charge on any atom is -0.383 e. The van der Waals surface area contributed by atoms with E-state index in [1.165, 1.54) is 0 Å². The predicted octanol–water partition coefficient (Wildman–Crippen LogP) is 0.263. The zero-order valence-corrected chi connectivity index (χ0v) is 9.18. The number of nitrogens with one attached hydrogen (secondary N) is 2. The van der Waals surface area contributed by atoms with Gasteiger partial charge in [-0.25, -0.2) is 0 Å². The third-order valence-electron chi connectivity index (χ3n) is 1.98. The Hall–Kier alpha value is -0.610. The van der Waals surface area contributed by atoms with Crippen LogP contribution in [0.15, 0.2) is 0 Å². The molecule has 0 heterocycles. The highest BCUT2D eigenvalue weighted by Crippen LogP contribution is 1.99. The molecule has 0 saturated carbocycles. The van der Waals surface area contributed by atoms with Crippen LogP contribution in [0.4, 0.5) is 0 Å². The molecule has 0 aliphatic heterocycles. The summed E-state index contributed by atoms with van der Waals surface area (Å²) in [4.78, 5) is 11.2. The van der Waals surface area contributed by atoms with Gasteiger partial charge in [0.05, 0.1) is 0 Å². The second-order valence-electron chi connectivity index (χ2n) is 3.30. The molecule has 1 atom stereocenters. The molecule has 0 aliphatic carbocycles. The number of hydrogen-bond donors (Lipinski definition) is 3. The fourth-order valence-corrected chi connectivity index (χ4v) is 1.10. The lowest BCUT2D eigenvalue weighted by atomic mass is 10.1. The summed E-state index contributed by atoms with van der Waals surface area (Å²) in [7, 11) is 0. The molecule has 1 unspecified atom stereocenters. The first-order chi connectivity index (χ1) is 6.72. The number of amides is 1. The van der Waals surface area contributed by atoms with Crippen molar-refractivity contribution in [2.45, 2.75) is 39.2 Å². The van der Waals surface area contributed by atoms with Crippen LogP contribution in [0.5, 0.6) is 0 Å². The minimum atomic E-state index is -0.837. The summed E-state index contributed by atoms with van der Waals surface area (Å²) in [5, 5.41) is 15.1. The van der Waals surface area contributed by atoms with Gasteiger partial charge in [-0.05, 0) is 13.0 Å². The van der Waals surface area contributed by atoms with Crippen molar-refractivity contribution in [1.82, 2.24) is 10.6 Å². The average molecular weight is 202 g/mol. The molecule has 0 fully saturated rings. The molecule has 0 rings (SSSR count). The number of aliphatic hydroxyl groups is 1. The van der Waals surface area contributed by atoms with Gasteiger partial charge in [-0.1, -0.05) is 26.7 Å². The highest BCUT2D eigenvalue weighted by molar-refractivity contribution is 5.80. The first-order valence-electron chi connectivity index (χ1n) is 5.38. The monoisotopic (exact) mass is 202 g/mol. The highest BCUT2D eigenvalue weighted by atomic mass is 16.3. The lowest BCUT2D eigenvalue weighted by molar-refractivity contribution is -0.129. The van der Waals surface area contributed by atoms with Gasteiger partial charge in [0.2, 0.25) is 5.91 Å². The van der Waals surface area contributed by atoms with Crippen LogP contribution in [0.3, 0.4) is 0 Å². The van der Waals surface area contributed by atoms with Crippen molar-refractivity contribution >= 4 is 5.91 Å². The molecule has 0 aromatic heterocycles. The van der Waals surface area contributed by atoms with E-state index in [1.54, 1.807) is 0 Å². The fraction of sp³-hybridized carbons (Fsp3) is 0.900. The van der Waals surface area contributed by atoms with Gasteiger partial charge in [-0.2, -0.15) is 0 Å². The molecule has 0 bridgehead atoms. The molecule has 14 heavy (non-hydrogen) atoms. The Balaban J connectivity index is 3.42. The van der Waals surface area contributed by atoms with Gasteiger partial charge in [0.15, 0.2) is 0 Å². The first kappa shape index (κ1) is 13.4. The van der Waals surface area contributed by atoms with E-state index in [9.17, 15) is 9.90 Å². The summed E-state index contributed by atoms with van der Waals surface area (Å²) in [5.41, 5.74) is 0. The second kappa shape index (κ2) is 8.97. The topological polar surface area (TPSA) is 61.4 Å². The Kier molecular flexibility index (Phi) is 8.57. The largest absolute Gasteiger partial charge is 0.383 e. The second-order valence-corrected chi connectivity index (χ2v) is 3.30. The molecule has 0 aromatic rings. The van der Waals surface area contributed by atoms with Crippen LogP contribution >= 0.6 is 0 Å². The smallest absolute Gasteiger partial charge is 0.248 e. The lowest BCUT2D eigenvalue weighted by Gasteiger charge is -2.10. The summed E-state index contributed by atoms with van der Waals surface area (Å²) in [6.07, 6.45) is 1.61. The minimum absolute atomic E-state index is 0.253. The van der Waals surface area contributed by atoms with Crippen LogP contribution in [0.25, 0.3) is 0 Å². The zero-order chi connectivity index (χ0) is 10.8. The van der Waals surface area contributed by atoms with E-state index < -0.39 is 6.10 Å². The van der Waals surface area contributed by atoms with Gasteiger partial charge >= 0.3 is 0 Å². The van der Waals surface area contributed by atoms with E-state index >= 15 is 0 Å². The molecular formula is C10H22N2O2. The van der Waals surface area contributed by atoms with Gasteiger partial charge < -0.3 is 15.7 Å². The molecule has 3 N–H and O–H groups in total. The number of likely N-dealkylation sites (N-methyl/N-ethyl adjacent to an activating group) is 1. The fourth-order valence-electron chi connectivity index (χ4n) is 1.10. The van der Waals surface area contributed by atoms with Crippen molar-refractivity contribution in [2.24, 2.45) is 0 Å². The molecule has 0 spiro atoms. The molecular weight excluding hydrogens is 180 g/mol. The van der Waals surface area contributed by atoms with Crippen molar-refractivity contribution in [1.29, 1.82) is 0 Å². The Morgan fingerprint density at radius 3 is 2.64 bits per heavy atom. The van der Waals surface area contributed by atoms with E-state index in [4.69, 9.17) is 0 Å². The van der Waals surface area contributed by atoms with Gasteiger partial charge in [-0.15, -0.1) is 0 Å². The van der Waals surface area contributed by atoms with E-state index in [0.717, 1.165) is 25.9 Å². The maximum Gasteiger partial charge on any atom is 0.248 e. The molecule has 0 aromatic carbocycles. The van der Waals surface area contributed by atoms with Crippen LogP contribution in [0.1, 0.15) is 33.1 Å². The van der Waals surface area contributed by atoms with Crippen LogP contribution < -0.4 is 10.6 Å². The van der Waals surface area contributed by atoms with Crippen molar-refractivity contribution in [3.8, 4) is 0 Å². The normalized spacial score (nSPS) is 12.5. The number of carbonyl (C=O) groups excluding carboxylic acids is 1. The van der Waals surface area contributed by atoms with E-state index in [2.05, 4.69) is 10.6 Å². The number of hydrogen-bond acceptors (Lipinski definition) is 3. The summed E-state index contributed by atoms with van der Waals surface area (Å²) in [6.45, 7) is 6.28. The Morgan fingerprint density at radius 1 is 1.36 bits per heavy atom. The molecule has 0 saturated heterocycles. The maximum atomic E-state index is 11.2. The molecule has 84 valence electrons. The van der Waals surface area contributed by atoms with Crippen molar-refractivity contribution in [3.63, 3.8) is 0 Å². The Morgan fingerprint density at radius 2 is 2.07 bits per heavy atom. The number of unbranched alkanes of at least 4 members (excludes halogenated alkanes) is 1. The first-order valence-corrected chi connectivity index (χ1v) is 5.38. The summed E-state index contributed by atoms with van der Waals surface area (Å²) >= 11 is 0. The Bertz CT molecular complexity index is 151. The van der Waals surface area contributed by atoms with Crippen LogP contribution in [0.2, 0.25) is 0 Å². The third-order valence-corrected chi connectivity index (χ3v) is 1.98. The third kappa shape index (κ3) is 6.86. The molecule has 0 radical (unpaired) electrons. The van der Waals surface area contributed by atoms with Crippen molar-refractivity contribution < 1.29 is 9.90 Å². The SMILES string of the molecule is CCCCC(O)C(=O)NCCNCC. The van der Waals surface area contributed by atoms with Crippen LogP contribution in [-0.2, 0) is 4.79 Å². The Labute approximate surface area is 86.1 Å². The standard InChI is InChI=1S/C10H22N2O2/c1-3-5-6-9(13)10(14)12-8-7-11-4-2/h9,11,13H,3-8H2,1-2H3,(H,12,14). The summed E-state index contributed by atoms with van der Waals surface area (Å²) in [6, 6.07) is 0. The molecule has 4 heteroatoms. The molecule has 4 nitrogen and oxygen atoms in total. The number of carbonyl (C=O) groups is 1. The van der Waals surface area contributed by atoms with Gasteiger partial charge in [0.25, 0.3) is 0 Å². The van der Waals surface area contributed by atoms with Gasteiger partial charge in [0, 0.05) is 13.1 Å². The number of aliphatic hydroxyl groups excluding tert-OH is 1. The number of rotatable bonds is 8. The van der Waals surface area contributed by atoms with Gasteiger partial charge in [0.1, 0.15) is 6.10 Å². The van der Waals surface area contributed by atoms with E-state index in [1.807, 2.05) is 13.8 Å². The van der Waals surface area contributed by atoms with E-state index in [0.29, 0.717) is 13.0 Å². The maximum absolute atomic E-state index is 11.2. The molecule has 0 aliphatic rings. The summed E-state index contributed by atoms with van der Waals surface area (Å²) in [5.74, 6) is -0.253. The van der Waals surface area contributed by atoms with Gasteiger partial charge in [-0.3, -0.25) is 4.79 Å². The predicted molar refractivity (Wildman–Crippen MR) is 57.1 cm³/mol. The molecule has 1 amide bonds. The highest BCUT2D eigenvalue weighted by Gasteiger charge is 2.12. The van der Waals surface area contributed by atoms with Crippen LogP contribution in [-0.4, -0.2) is 36.8 Å². The van der Waals surface area contributed by atoms with E-state index in [-0.39, 0.29) is 5.91 Å². The average Bonchev–Trinajstić information content (AvgIpc) is 2.20. The zero-order valence-electron chi connectivity index (χ0n) is 9.18. The van der Waals surface area contributed by atoms with Crippen LogP contribution in [0, 0.1) is 0 Å². The summed E-state index contributed by atoms with van der Waals surface area (Å²) < 4.78 is 0. The lowest BCUT2D eigenvalue weighted by Crippen LogP contribution is -2.38. The van der Waals surface area contributed by atoms with Crippen molar-refractivity contribution in [3.05, 3.63) is 0 Å².